The summed E-state index contributed by atoms with van der Waals surface area (Å²) in [5.41, 5.74) is 0. The van der Waals surface area contributed by atoms with E-state index in [1.807, 2.05) is 18.7 Å². The molecule has 1 aromatic carbocycles. The molecule has 2 aliphatic heterocycles. The van der Waals surface area contributed by atoms with E-state index in [-0.39, 0.29) is 47.9 Å². The minimum atomic E-state index is -0.283. The molecule has 2 atom stereocenters. The molecule has 1 N–H and O–H groups in total. The number of piperazine rings is 1. The number of amides is 1. The average molecular weight is 534 g/mol. The molecule has 2 unspecified atom stereocenters. The molecule has 1 aromatic rings. The Morgan fingerprint density at radius 1 is 1.27 bits per heavy atom. The average Bonchev–Trinajstić information content (AvgIpc) is 3.27. The smallest absolute Gasteiger partial charge is 0.251 e. The fourth-order valence-electron chi connectivity index (χ4n) is 3.54. The minimum Gasteiger partial charge on any atom is -0.489 e. The van der Waals surface area contributed by atoms with Crippen LogP contribution < -0.4 is 10.1 Å². The first-order chi connectivity index (χ1) is 14.1. The van der Waals surface area contributed by atoms with E-state index in [1.54, 1.807) is 12.1 Å². The third kappa shape index (κ3) is 6.97. The lowest BCUT2D eigenvalue weighted by Crippen LogP contribution is -2.55. The number of nitrogens with zero attached hydrogens (tertiary/aromatic N) is 3. The van der Waals surface area contributed by atoms with Gasteiger partial charge in [0.05, 0.1) is 6.54 Å². The highest BCUT2D eigenvalue weighted by Gasteiger charge is 2.30. The highest BCUT2D eigenvalue weighted by Crippen LogP contribution is 2.16. The van der Waals surface area contributed by atoms with Crippen molar-refractivity contribution in [2.24, 2.45) is 4.99 Å². The van der Waals surface area contributed by atoms with Gasteiger partial charge in [0.1, 0.15) is 23.8 Å². The minimum absolute atomic E-state index is 0. The van der Waals surface area contributed by atoms with E-state index in [2.05, 4.69) is 10.2 Å². The Kier molecular flexibility index (Phi) is 10.1. The lowest BCUT2D eigenvalue weighted by Gasteiger charge is -2.37. The summed E-state index contributed by atoms with van der Waals surface area (Å²) in [6, 6.07) is 6.00. The largest absolute Gasteiger partial charge is 0.489 e. The van der Waals surface area contributed by atoms with Gasteiger partial charge in [-0.1, -0.05) is 0 Å². The number of benzene rings is 1. The number of halogens is 2. The SMILES string of the molecule is CCNC(=NCC(C)Oc1ccc(F)cc1)N1CCN(C(=O)C2CCCO2)CC1.I. The van der Waals surface area contributed by atoms with E-state index >= 15 is 0 Å². The molecule has 2 saturated heterocycles. The molecule has 0 saturated carbocycles. The van der Waals surface area contributed by atoms with Crippen LogP contribution in [0.25, 0.3) is 0 Å². The number of carbonyl (C=O) groups is 1. The molecule has 3 rings (SSSR count). The molecule has 9 heteroatoms. The quantitative estimate of drug-likeness (QED) is 0.345. The maximum absolute atomic E-state index is 13.0. The first-order valence-corrected chi connectivity index (χ1v) is 10.4. The van der Waals surface area contributed by atoms with Crippen molar-refractivity contribution >= 4 is 35.8 Å². The molecular formula is C21H32FIN4O3. The first kappa shape index (κ1) is 24.6. The van der Waals surface area contributed by atoms with Gasteiger partial charge in [0.15, 0.2) is 5.96 Å². The summed E-state index contributed by atoms with van der Waals surface area (Å²) >= 11 is 0. The van der Waals surface area contributed by atoms with E-state index < -0.39 is 0 Å². The maximum Gasteiger partial charge on any atom is 0.251 e. The van der Waals surface area contributed by atoms with Gasteiger partial charge in [-0.05, 0) is 51.0 Å². The summed E-state index contributed by atoms with van der Waals surface area (Å²) in [4.78, 5) is 21.3. The van der Waals surface area contributed by atoms with E-state index in [0.29, 0.717) is 32.0 Å². The molecule has 0 aliphatic carbocycles. The summed E-state index contributed by atoms with van der Waals surface area (Å²) in [5, 5.41) is 3.32. The second-order valence-corrected chi connectivity index (χ2v) is 7.39. The van der Waals surface area contributed by atoms with Gasteiger partial charge >= 0.3 is 0 Å². The third-order valence-corrected chi connectivity index (χ3v) is 5.08. The third-order valence-electron chi connectivity index (χ3n) is 5.08. The number of hydrogen-bond acceptors (Lipinski definition) is 4. The Balaban J connectivity index is 0.00000320. The Hall–Kier alpha value is -1.62. The van der Waals surface area contributed by atoms with Gasteiger partial charge in [0.25, 0.3) is 5.91 Å². The molecule has 0 spiro atoms. The molecule has 30 heavy (non-hydrogen) atoms. The van der Waals surface area contributed by atoms with Gasteiger partial charge in [0, 0.05) is 39.3 Å². The summed E-state index contributed by atoms with van der Waals surface area (Å²) in [6.07, 6.45) is 1.39. The monoisotopic (exact) mass is 534 g/mol. The predicted molar refractivity (Wildman–Crippen MR) is 125 cm³/mol. The van der Waals surface area contributed by atoms with Gasteiger partial charge in [-0.25, -0.2) is 9.38 Å². The van der Waals surface area contributed by atoms with Crippen LogP contribution in [-0.2, 0) is 9.53 Å². The zero-order valence-corrected chi connectivity index (χ0v) is 20.0. The van der Waals surface area contributed by atoms with Crippen LogP contribution in [0.3, 0.4) is 0 Å². The normalized spacial score (nSPS) is 20.5. The van der Waals surface area contributed by atoms with E-state index in [9.17, 15) is 9.18 Å². The number of hydrogen-bond donors (Lipinski definition) is 1. The maximum atomic E-state index is 13.0. The van der Waals surface area contributed by atoms with Crippen LogP contribution in [0.1, 0.15) is 26.7 Å². The van der Waals surface area contributed by atoms with Crippen molar-refractivity contribution < 1.29 is 18.7 Å². The lowest BCUT2D eigenvalue weighted by atomic mass is 10.2. The van der Waals surface area contributed by atoms with Crippen molar-refractivity contribution in [3.8, 4) is 5.75 Å². The molecule has 0 bridgehead atoms. The van der Waals surface area contributed by atoms with Crippen molar-refractivity contribution in [1.29, 1.82) is 0 Å². The Morgan fingerprint density at radius 3 is 2.53 bits per heavy atom. The number of ether oxygens (including phenoxy) is 2. The van der Waals surface area contributed by atoms with Crippen LogP contribution in [0.4, 0.5) is 4.39 Å². The molecule has 168 valence electrons. The fraction of sp³-hybridized carbons (Fsp3) is 0.619. The number of carbonyl (C=O) groups excluding carboxylic acids is 1. The van der Waals surface area contributed by atoms with Crippen LogP contribution >= 0.6 is 24.0 Å². The second-order valence-electron chi connectivity index (χ2n) is 7.39. The highest BCUT2D eigenvalue weighted by atomic mass is 127. The Labute approximate surface area is 195 Å². The molecule has 2 fully saturated rings. The fourth-order valence-corrected chi connectivity index (χ4v) is 3.54. The van der Waals surface area contributed by atoms with Crippen molar-refractivity contribution in [2.75, 3.05) is 45.9 Å². The van der Waals surface area contributed by atoms with Crippen molar-refractivity contribution in [3.63, 3.8) is 0 Å². The Morgan fingerprint density at radius 2 is 1.93 bits per heavy atom. The standard InChI is InChI=1S/C21H31FN4O3.HI/c1-3-23-21(24-15-16(2)29-18-8-6-17(22)7-9-18)26-12-10-25(11-13-26)20(27)19-5-4-14-28-19;/h6-9,16,19H,3-5,10-15H2,1-2H3,(H,23,24);1H. The molecule has 2 aliphatic rings. The molecule has 1 amide bonds. The predicted octanol–water partition coefficient (Wildman–Crippen LogP) is 2.50. The van der Waals surface area contributed by atoms with Gasteiger partial charge in [-0.2, -0.15) is 0 Å². The highest BCUT2D eigenvalue weighted by molar-refractivity contribution is 14.0. The number of rotatable bonds is 6. The van der Waals surface area contributed by atoms with E-state index in [0.717, 1.165) is 38.4 Å². The summed E-state index contributed by atoms with van der Waals surface area (Å²) in [6.45, 7) is 8.71. The van der Waals surface area contributed by atoms with E-state index in [4.69, 9.17) is 14.5 Å². The van der Waals surface area contributed by atoms with Crippen LogP contribution in [0.15, 0.2) is 29.3 Å². The van der Waals surface area contributed by atoms with Crippen molar-refractivity contribution in [2.45, 2.75) is 38.9 Å². The zero-order valence-electron chi connectivity index (χ0n) is 17.7. The molecule has 2 heterocycles. The van der Waals surface area contributed by atoms with Gasteiger partial charge in [0.2, 0.25) is 0 Å². The summed E-state index contributed by atoms with van der Waals surface area (Å²) < 4.78 is 24.3. The van der Waals surface area contributed by atoms with Gasteiger partial charge in [-0.3, -0.25) is 4.79 Å². The van der Waals surface area contributed by atoms with Crippen LogP contribution in [0.5, 0.6) is 5.75 Å². The first-order valence-electron chi connectivity index (χ1n) is 10.4. The second kappa shape index (κ2) is 12.3. The van der Waals surface area contributed by atoms with Crippen LogP contribution in [0.2, 0.25) is 0 Å². The molecule has 7 nitrogen and oxygen atoms in total. The number of guanidine groups is 1. The van der Waals surface area contributed by atoms with Crippen LogP contribution in [0, 0.1) is 5.82 Å². The van der Waals surface area contributed by atoms with Crippen molar-refractivity contribution in [1.82, 2.24) is 15.1 Å². The number of nitrogens with one attached hydrogen (secondary N) is 1. The van der Waals surface area contributed by atoms with Crippen molar-refractivity contribution in [3.05, 3.63) is 30.1 Å². The van der Waals surface area contributed by atoms with Gasteiger partial charge < -0.3 is 24.6 Å². The molecule has 0 radical (unpaired) electrons. The summed E-state index contributed by atoms with van der Waals surface area (Å²) in [7, 11) is 0. The molecular weight excluding hydrogens is 502 g/mol. The Bertz CT molecular complexity index is 690. The van der Waals surface area contributed by atoms with Gasteiger partial charge in [-0.15, -0.1) is 24.0 Å². The molecule has 0 aromatic heterocycles. The van der Waals surface area contributed by atoms with Crippen LogP contribution in [-0.4, -0.2) is 79.7 Å². The number of aliphatic imine (C=N–C) groups is 1. The zero-order chi connectivity index (χ0) is 20.6. The summed E-state index contributed by atoms with van der Waals surface area (Å²) in [5.74, 6) is 1.28. The topological polar surface area (TPSA) is 66.4 Å². The lowest BCUT2D eigenvalue weighted by molar-refractivity contribution is -0.142. The van der Waals surface area contributed by atoms with E-state index in [1.165, 1.54) is 12.1 Å².